The number of para-hydroxylation sites is 1. The lowest BCUT2D eigenvalue weighted by Crippen LogP contribution is -2.27. The monoisotopic (exact) mass is 293 g/mol. The first-order valence-corrected chi connectivity index (χ1v) is 7.84. The Morgan fingerprint density at radius 1 is 1.30 bits per heavy atom. The van der Waals surface area contributed by atoms with Crippen molar-refractivity contribution in [1.82, 2.24) is 14.5 Å². The van der Waals surface area contributed by atoms with E-state index in [9.17, 15) is 0 Å². The first-order chi connectivity index (χ1) is 9.58. The summed E-state index contributed by atoms with van der Waals surface area (Å²) in [6.45, 7) is 12.7. The van der Waals surface area contributed by atoms with Crippen molar-refractivity contribution in [3.05, 3.63) is 29.6 Å². The molecule has 0 aliphatic carbocycles. The van der Waals surface area contributed by atoms with Crippen LogP contribution >= 0.6 is 11.6 Å². The van der Waals surface area contributed by atoms with Gasteiger partial charge in [-0.1, -0.05) is 26.0 Å². The second-order valence-electron chi connectivity index (χ2n) is 5.21. The molecule has 0 saturated heterocycles. The molecule has 0 bridgehead atoms. The number of fused-ring (bicyclic) bond motifs is 1. The van der Waals surface area contributed by atoms with Crippen LogP contribution in [-0.2, 0) is 6.54 Å². The van der Waals surface area contributed by atoms with Crippen LogP contribution in [0.5, 0.6) is 0 Å². The largest absolute Gasteiger partial charge is 0.325 e. The van der Waals surface area contributed by atoms with Gasteiger partial charge < -0.3 is 9.47 Å². The normalized spacial score (nSPS) is 13.3. The molecule has 0 radical (unpaired) electrons. The molecular weight excluding hydrogens is 270 g/mol. The lowest BCUT2D eigenvalue weighted by molar-refractivity contribution is 0.290. The van der Waals surface area contributed by atoms with Crippen LogP contribution in [0.15, 0.2) is 18.2 Å². The highest BCUT2D eigenvalue weighted by Gasteiger charge is 2.16. The van der Waals surface area contributed by atoms with E-state index in [2.05, 4.69) is 48.4 Å². The summed E-state index contributed by atoms with van der Waals surface area (Å²) in [5.41, 5.74) is 3.53. The van der Waals surface area contributed by atoms with Crippen molar-refractivity contribution in [2.75, 3.05) is 19.6 Å². The zero-order valence-electron chi connectivity index (χ0n) is 12.9. The minimum absolute atomic E-state index is 0.0708. The fraction of sp³-hybridized carbons (Fsp3) is 0.562. The molecule has 1 atom stereocenters. The Bertz CT molecular complexity index is 570. The molecule has 0 spiro atoms. The molecule has 3 nitrogen and oxygen atoms in total. The van der Waals surface area contributed by atoms with Crippen molar-refractivity contribution >= 4 is 22.6 Å². The molecule has 0 saturated carbocycles. The predicted molar refractivity (Wildman–Crippen MR) is 86.5 cm³/mol. The van der Waals surface area contributed by atoms with E-state index in [1.54, 1.807) is 0 Å². The van der Waals surface area contributed by atoms with E-state index < -0.39 is 0 Å². The summed E-state index contributed by atoms with van der Waals surface area (Å²) >= 11 is 6.32. The van der Waals surface area contributed by atoms with Gasteiger partial charge in [0.15, 0.2) is 0 Å². The number of nitrogens with zero attached hydrogens (tertiary/aromatic N) is 3. The van der Waals surface area contributed by atoms with Gasteiger partial charge in [-0.3, -0.25) is 0 Å². The van der Waals surface area contributed by atoms with Gasteiger partial charge in [0.25, 0.3) is 0 Å². The number of benzene rings is 1. The fourth-order valence-corrected chi connectivity index (χ4v) is 2.86. The van der Waals surface area contributed by atoms with Crippen molar-refractivity contribution in [3.8, 4) is 0 Å². The molecule has 1 aromatic carbocycles. The van der Waals surface area contributed by atoms with Crippen LogP contribution in [0, 0.1) is 6.92 Å². The van der Waals surface area contributed by atoms with E-state index in [0.29, 0.717) is 0 Å². The van der Waals surface area contributed by atoms with E-state index in [4.69, 9.17) is 16.6 Å². The molecule has 110 valence electrons. The smallest absolute Gasteiger partial charge is 0.127 e. The SMILES string of the molecule is CCN(CC)CCn1c(C(C)Cl)nc2cccc(C)c21. The summed E-state index contributed by atoms with van der Waals surface area (Å²) in [5, 5.41) is -0.0708. The average molecular weight is 294 g/mol. The molecule has 2 rings (SSSR count). The summed E-state index contributed by atoms with van der Waals surface area (Å²) in [7, 11) is 0. The van der Waals surface area contributed by atoms with Crippen LogP contribution in [0.2, 0.25) is 0 Å². The van der Waals surface area contributed by atoms with Gasteiger partial charge in [0, 0.05) is 13.1 Å². The van der Waals surface area contributed by atoms with Crippen LogP contribution in [-0.4, -0.2) is 34.1 Å². The van der Waals surface area contributed by atoms with Gasteiger partial charge >= 0.3 is 0 Å². The van der Waals surface area contributed by atoms with E-state index in [1.807, 2.05) is 6.92 Å². The highest BCUT2D eigenvalue weighted by molar-refractivity contribution is 6.20. The van der Waals surface area contributed by atoms with Crippen LogP contribution < -0.4 is 0 Å². The van der Waals surface area contributed by atoms with Crippen molar-refractivity contribution in [2.45, 2.75) is 39.6 Å². The third-order valence-electron chi connectivity index (χ3n) is 3.89. The standard InChI is InChI=1S/C16H24ClN3/c1-5-19(6-2)10-11-20-15-12(3)8-7-9-14(15)18-16(20)13(4)17/h7-9,13H,5-6,10-11H2,1-4H3. The molecule has 0 fully saturated rings. The first kappa shape index (κ1) is 15.3. The Labute approximate surface area is 126 Å². The van der Waals surface area contributed by atoms with Crippen LogP contribution in [0.25, 0.3) is 11.0 Å². The van der Waals surface area contributed by atoms with E-state index in [0.717, 1.165) is 37.5 Å². The summed E-state index contributed by atoms with van der Waals surface area (Å²) in [6, 6.07) is 6.27. The van der Waals surface area contributed by atoms with E-state index >= 15 is 0 Å². The Morgan fingerprint density at radius 2 is 2.00 bits per heavy atom. The topological polar surface area (TPSA) is 21.1 Å². The first-order valence-electron chi connectivity index (χ1n) is 7.40. The van der Waals surface area contributed by atoms with Gasteiger partial charge in [-0.15, -0.1) is 11.6 Å². The molecule has 1 unspecified atom stereocenters. The molecule has 2 aromatic rings. The van der Waals surface area contributed by atoms with Crippen molar-refractivity contribution in [1.29, 1.82) is 0 Å². The lowest BCUT2D eigenvalue weighted by Gasteiger charge is -2.20. The predicted octanol–water partition coefficient (Wildman–Crippen LogP) is 3.99. The van der Waals surface area contributed by atoms with Gasteiger partial charge in [0.2, 0.25) is 0 Å². The molecule has 0 N–H and O–H groups in total. The third kappa shape index (κ3) is 2.99. The van der Waals surface area contributed by atoms with Crippen LogP contribution in [0.3, 0.4) is 0 Å². The average Bonchev–Trinajstić information content (AvgIpc) is 2.80. The van der Waals surface area contributed by atoms with Gasteiger partial charge in [-0.05, 0) is 38.6 Å². The van der Waals surface area contributed by atoms with Crippen molar-refractivity contribution in [3.63, 3.8) is 0 Å². The summed E-state index contributed by atoms with van der Waals surface area (Å²) < 4.78 is 2.29. The molecule has 0 amide bonds. The fourth-order valence-electron chi connectivity index (χ4n) is 2.69. The number of aromatic nitrogens is 2. The molecule has 0 aliphatic rings. The molecular formula is C16H24ClN3. The van der Waals surface area contributed by atoms with Crippen molar-refractivity contribution in [2.24, 2.45) is 0 Å². The molecule has 1 heterocycles. The molecule has 1 aromatic heterocycles. The number of hydrogen-bond acceptors (Lipinski definition) is 2. The van der Waals surface area contributed by atoms with Crippen LogP contribution in [0.4, 0.5) is 0 Å². The molecule has 20 heavy (non-hydrogen) atoms. The number of halogens is 1. The summed E-state index contributed by atoms with van der Waals surface area (Å²) in [4.78, 5) is 7.14. The Hall–Kier alpha value is -1.06. The minimum atomic E-state index is -0.0708. The zero-order valence-corrected chi connectivity index (χ0v) is 13.6. The van der Waals surface area contributed by atoms with Crippen molar-refractivity contribution < 1.29 is 0 Å². The number of rotatable bonds is 6. The molecule has 0 aliphatic heterocycles. The number of likely N-dealkylation sites (N-methyl/N-ethyl adjacent to an activating group) is 1. The van der Waals surface area contributed by atoms with Gasteiger partial charge in [-0.25, -0.2) is 4.98 Å². The third-order valence-corrected chi connectivity index (χ3v) is 4.08. The summed E-state index contributed by atoms with van der Waals surface area (Å²) in [6.07, 6.45) is 0. The van der Waals surface area contributed by atoms with E-state index in [-0.39, 0.29) is 5.38 Å². The number of hydrogen-bond donors (Lipinski definition) is 0. The summed E-state index contributed by atoms with van der Waals surface area (Å²) in [5.74, 6) is 0.975. The highest BCUT2D eigenvalue weighted by atomic mass is 35.5. The maximum atomic E-state index is 6.32. The number of alkyl halides is 1. The second-order valence-corrected chi connectivity index (χ2v) is 5.86. The lowest BCUT2D eigenvalue weighted by atomic mass is 10.2. The quantitative estimate of drug-likeness (QED) is 0.751. The van der Waals surface area contributed by atoms with Crippen LogP contribution in [0.1, 0.15) is 37.5 Å². The zero-order chi connectivity index (χ0) is 14.7. The highest BCUT2D eigenvalue weighted by Crippen LogP contribution is 2.26. The Kier molecular flexibility index (Phi) is 5.06. The van der Waals surface area contributed by atoms with E-state index in [1.165, 1.54) is 11.1 Å². The maximum absolute atomic E-state index is 6.32. The maximum Gasteiger partial charge on any atom is 0.127 e. The van der Waals surface area contributed by atoms with Gasteiger partial charge in [0.1, 0.15) is 5.82 Å². The molecule has 4 heteroatoms. The Balaban J connectivity index is 2.40. The number of aryl methyl sites for hydroxylation is 1. The van der Waals surface area contributed by atoms with Gasteiger partial charge in [0.05, 0.1) is 16.4 Å². The Morgan fingerprint density at radius 3 is 2.60 bits per heavy atom. The van der Waals surface area contributed by atoms with Gasteiger partial charge in [-0.2, -0.15) is 0 Å². The number of imidazole rings is 1. The minimum Gasteiger partial charge on any atom is -0.325 e. The second kappa shape index (κ2) is 6.59.